The first-order chi connectivity index (χ1) is 18.7. The van der Waals surface area contributed by atoms with Crippen LogP contribution >= 0.6 is 0 Å². The maximum absolute atomic E-state index is 14.0. The topological polar surface area (TPSA) is 102 Å². The molecule has 39 heavy (non-hydrogen) atoms. The minimum absolute atomic E-state index is 0.0323. The minimum Gasteiger partial charge on any atom is -0.469 e. The van der Waals surface area contributed by atoms with Gasteiger partial charge >= 0.3 is 18.0 Å². The third kappa shape index (κ3) is 4.61. The summed E-state index contributed by atoms with van der Waals surface area (Å²) < 4.78 is 4.78. The number of esters is 1. The molecule has 0 aliphatic carbocycles. The van der Waals surface area contributed by atoms with Crippen LogP contribution in [0.3, 0.4) is 0 Å². The van der Waals surface area contributed by atoms with E-state index in [1.165, 1.54) is 16.9 Å². The van der Waals surface area contributed by atoms with Crippen molar-refractivity contribution in [2.24, 2.45) is 0 Å². The highest BCUT2D eigenvalue weighted by molar-refractivity contribution is 6.07. The van der Waals surface area contributed by atoms with Crippen molar-refractivity contribution in [3.05, 3.63) is 84.9 Å². The zero-order valence-corrected chi connectivity index (χ0v) is 22.0. The van der Waals surface area contributed by atoms with Gasteiger partial charge in [0.15, 0.2) is 6.17 Å². The van der Waals surface area contributed by atoms with E-state index < -0.39 is 29.7 Å². The van der Waals surface area contributed by atoms with E-state index in [1.807, 2.05) is 72.8 Å². The number of hydroxylamine groups is 2. The number of ether oxygens (including phenoxy) is 1. The summed E-state index contributed by atoms with van der Waals surface area (Å²) in [4.78, 5) is 42.4. The molecule has 0 aromatic heterocycles. The van der Waals surface area contributed by atoms with E-state index in [1.54, 1.807) is 26.0 Å². The zero-order chi connectivity index (χ0) is 27.7. The van der Waals surface area contributed by atoms with Crippen LogP contribution in [0.4, 0.5) is 21.0 Å². The molecule has 0 radical (unpaired) electrons. The number of amides is 4. The second-order valence-corrected chi connectivity index (χ2v) is 9.96. The van der Waals surface area contributed by atoms with Gasteiger partial charge in [-0.05, 0) is 36.8 Å². The van der Waals surface area contributed by atoms with Gasteiger partial charge in [0.2, 0.25) is 0 Å². The second kappa shape index (κ2) is 10.3. The Morgan fingerprint density at radius 1 is 0.923 bits per heavy atom. The van der Waals surface area contributed by atoms with Gasteiger partial charge in [-0.3, -0.25) is 14.9 Å². The van der Waals surface area contributed by atoms with Gasteiger partial charge in [-0.1, -0.05) is 72.8 Å². The van der Waals surface area contributed by atoms with E-state index >= 15 is 0 Å². The molecule has 5 rings (SSSR count). The molecule has 4 aromatic rings. The van der Waals surface area contributed by atoms with Crippen LogP contribution < -0.4 is 10.2 Å². The highest BCUT2D eigenvalue weighted by Gasteiger charge is 2.56. The standard InChI is InChI=1S/C30H30N4O5/c1-30(2)27(34(38)28(36)31-24-16-8-12-20-10-4-6-14-22(20)24)33(29(37)32(30)19-18-26(35)39-3)25-17-9-13-21-11-5-7-15-23(21)25/h4-17,27,38H,18-19H2,1-3H3,(H,31,36). The van der Waals surface area contributed by atoms with Gasteiger partial charge < -0.3 is 15.0 Å². The van der Waals surface area contributed by atoms with Crippen molar-refractivity contribution < 1.29 is 24.3 Å². The molecule has 4 aromatic carbocycles. The number of benzene rings is 4. The number of hydrogen-bond donors (Lipinski definition) is 2. The summed E-state index contributed by atoms with van der Waals surface area (Å²) in [5, 5.41) is 18.3. The number of fused-ring (bicyclic) bond motifs is 2. The fourth-order valence-corrected chi connectivity index (χ4v) is 5.31. The molecule has 2 N–H and O–H groups in total. The van der Waals surface area contributed by atoms with Crippen molar-refractivity contribution in [3.8, 4) is 0 Å². The summed E-state index contributed by atoms with van der Waals surface area (Å²) in [7, 11) is 1.29. The van der Waals surface area contributed by atoms with Gasteiger partial charge in [-0.25, -0.2) is 9.59 Å². The summed E-state index contributed by atoms with van der Waals surface area (Å²) in [6.45, 7) is 3.56. The Balaban J connectivity index is 1.56. The number of nitrogens with one attached hydrogen (secondary N) is 1. The number of carbonyl (C=O) groups is 3. The Morgan fingerprint density at radius 2 is 1.51 bits per heavy atom. The van der Waals surface area contributed by atoms with Crippen LogP contribution in [-0.4, -0.2) is 58.6 Å². The Bertz CT molecular complexity index is 1560. The molecule has 1 atom stereocenters. The molecule has 0 saturated carbocycles. The van der Waals surface area contributed by atoms with Crippen LogP contribution in [0.15, 0.2) is 84.9 Å². The summed E-state index contributed by atoms with van der Waals surface area (Å²) in [6.07, 6.45) is -1.15. The predicted molar refractivity (Wildman–Crippen MR) is 150 cm³/mol. The highest BCUT2D eigenvalue weighted by Crippen LogP contribution is 2.40. The van der Waals surface area contributed by atoms with Crippen LogP contribution in [-0.2, 0) is 9.53 Å². The molecule has 1 aliphatic heterocycles. The number of methoxy groups -OCH3 is 1. The summed E-state index contributed by atoms with van der Waals surface area (Å²) in [5.41, 5.74) is -0.0281. The monoisotopic (exact) mass is 526 g/mol. The number of anilines is 2. The van der Waals surface area contributed by atoms with E-state index in [-0.39, 0.29) is 13.0 Å². The number of hydrogen-bond acceptors (Lipinski definition) is 5. The fraction of sp³-hybridized carbons (Fsp3) is 0.233. The molecule has 1 saturated heterocycles. The van der Waals surface area contributed by atoms with E-state index in [0.29, 0.717) is 16.4 Å². The first-order valence-corrected chi connectivity index (χ1v) is 12.7. The van der Waals surface area contributed by atoms with Crippen LogP contribution in [0.2, 0.25) is 0 Å². The van der Waals surface area contributed by atoms with Crippen molar-refractivity contribution in [2.45, 2.75) is 32.0 Å². The quantitative estimate of drug-likeness (QED) is 0.187. The van der Waals surface area contributed by atoms with Crippen LogP contribution in [0.5, 0.6) is 0 Å². The smallest absolute Gasteiger partial charge is 0.347 e. The predicted octanol–water partition coefficient (Wildman–Crippen LogP) is 5.83. The molecule has 200 valence electrons. The number of rotatable bonds is 6. The molecule has 9 nitrogen and oxygen atoms in total. The van der Waals surface area contributed by atoms with E-state index in [4.69, 9.17) is 4.74 Å². The van der Waals surface area contributed by atoms with E-state index in [9.17, 15) is 19.6 Å². The van der Waals surface area contributed by atoms with Gasteiger partial charge in [0.1, 0.15) is 0 Å². The maximum atomic E-state index is 14.0. The third-order valence-electron chi connectivity index (χ3n) is 7.27. The van der Waals surface area contributed by atoms with Gasteiger partial charge in [-0.15, -0.1) is 0 Å². The Hall–Kier alpha value is -4.63. The van der Waals surface area contributed by atoms with Crippen LogP contribution in [0.25, 0.3) is 21.5 Å². The first-order valence-electron chi connectivity index (χ1n) is 12.7. The second-order valence-electron chi connectivity index (χ2n) is 9.96. The Morgan fingerprint density at radius 3 is 2.21 bits per heavy atom. The van der Waals surface area contributed by atoms with Gasteiger partial charge in [0.25, 0.3) is 0 Å². The molecule has 9 heteroatoms. The van der Waals surface area contributed by atoms with Gasteiger partial charge in [0.05, 0.1) is 30.4 Å². The molecule has 0 spiro atoms. The molecule has 4 amide bonds. The van der Waals surface area contributed by atoms with Crippen molar-refractivity contribution in [2.75, 3.05) is 23.9 Å². The Labute approximate surface area is 226 Å². The number of carbonyl (C=O) groups excluding carboxylic acids is 3. The average molecular weight is 527 g/mol. The first kappa shape index (κ1) is 26.0. The minimum atomic E-state index is -1.12. The van der Waals surface area contributed by atoms with Gasteiger partial charge in [0, 0.05) is 17.3 Å². The van der Waals surface area contributed by atoms with Crippen LogP contribution in [0, 0.1) is 0 Å². The molecule has 1 aliphatic rings. The fourth-order valence-electron chi connectivity index (χ4n) is 5.31. The lowest BCUT2D eigenvalue weighted by atomic mass is 9.99. The zero-order valence-electron chi connectivity index (χ0n) is 22.0. The third-order valence-corrected chi connectivity index (χ3v) is 7.27. The number of nitrogens with zero attached hydrogens (tertiary/aromatic N) is 3. The summed E-state index contributed by atoms with van der Waals surface area (Å²) in [5.74, 6) is -0.465. The molecule has 1 heterocycles. The van der Waals surface area contributed by atoms with E-state index in [0.717, 1.165) is 21.5 Å². The van der Waals surface area contributed by atoms with Crippen molar-refractivity contribution in [1.82, 2.24) is 9.96 Å². The molecule has 1 fully saturated rings. The van der Waals surface area contributed by atoms with E-state index in [2.05, 4.69) is 5.32 Å². The lowest BCUT2D eigenvalue weighted by molar-refractivity contribution is -0.141. The van der Waals surface area contributed by atoms with Crippen molar-refractivity contribution >= 4 is 51.0 Å². The Kier molecular flexibility index (Phi) is 6.84. The van der Waals surface area contributed by atoms with Crippen LogP contribution in [0.1, 0.15) is 20.3 Å². The van der Waals surface area contributed by atoms with Crippen molar-refractivity contribution in [3.63, 3.8) is 0 Å². The lowest BCUT2D eigenvalue weighted by Gasteiger charge is -2.38. The lowest BCUT2D eigenvalue weighted by Crippen LogP contribution is -2.58. The molecular weight excluding hydrogens is 496 g/mol. The molecule has 0 bridgehead atoms. The summed E-state index contributed by atoms with van der Waals surface area (Å²) >= 11 is 0. The average Bonchev–Trinajstić information content (AvgIpc) is 3.14. The normalized spacial score (nSPS) is 16.5. The number of urea groups is 2. The molecule has 1 unspecified atom stereocenters. The summed E-state index contributed by atoms with van der Waals surface area (Å²) in [6, 6.07) is 25.0. The van der Waals surface area contributed by atoms with Crippen molar-refractivity contribution in [1.29, 1.82) is 0 Å². The van der Waals surface area contributed by atoms with Gasteiger partial charge in [-0.2, -0.15) is 5.06 Å². The largest absolute Gasteiger partial charge is 0.469 e. The maximum Gasteiger partial charge on any atom is 0.347 e. The molecular formula is C30H30N4O5. The SMILES string of the molecule is COC(=O)CCN1C(=O)N(c2cccc3ccccc23)C(N(O)C(=O)Nc2cccc3ccccc23)C1(C)C. The highest BCUT2D eigenvalue weighted by atomic mass is 16.5.